The lowest BCUT2D eigenvalue weighted by molar-refractivity contribution is 0.0640. The van der Waals surface area contributed by atoms with Gasteiger partial charge in [-0.15, -0.1) is 0 Å². The second-order valence-electron chi connectivity index (χ2n) is 4.65. The average molecular weight is 258 g/mol. The molecule has 0 radical (unpaired) electrons. The molecule has 17 heavy (non-hydrogen) atoms. The first-order valence-electron chi connectivity index (χ1n) is 5.17. The van der Waals surface area contributed by atoms with Gasteiger partial charge >= 0.3 is 0 Å². The van der Waals surface area contributed by atoms with E-state index in [0.29, 0.717) is 5.69 Å². The number of nitrogen functional groups attached to an aromatic ring is 1. The SMILES string of the molecule is CN(CC(C)(C)O)S(=O)(=O)c1cccc(N)c1. The van der Waals surface area contributed by atoms with Crippen LogP contribution in [0.2, 0.25) is 0 Å². The first kappa shape index (κ1) is 14.0. The summed E-state index contributed by atoms with van der Waals surface area (Å²) >= 11 is 0. The number of sulfonamides is 1. The molecule has 0 saturated heterocycles. The van der Waals surface area contributed by atoms with Gasteiger partial charge in [0.05, 0.1) is 10.5 Å². The monoisotopic (exact) mass is 258 g/mol. The molecule has 0 atom stereocenters. The van der Waals surface area contributed by atoms with Crippen LogP contribution in [0.25, 0.3) is 0 Å². The molecular weight excluding hydrogens is 240 g/mol. The van der Waals surface area contributed by atoms with E-state index in [9.17, 15) is 13.5 Å². The van der Waals surface area contributed by atoms with Crippen molar-refractivity contribution in [2.45, 2.75) is 24.3 Å². The van der Waals surface area contributed by atoms with Crippen molar-refractivity contribution in [1.29, 1.82) is 0 Å². The number of rotatable bonds is 4. The van der Waals surface area contributed by atoms with Gasteiger partial charge in [0.2, 0.25) is 10.0 Å². The summed E-state index contributed by atoms with van der Waals surface area (Å²) in [7, 11) is -2.17. The average Bonchev–Trinajstić information content (AvgIpc) is 2.15. The maximum absolute atomic E-state index is 12.1. The molecule has 5 nitrogen and oxygen atoms in total. The van der Waals surface area contributed by atoms with Crippen molar-refractivity contribution < 1.29 is 13.5 Å². The molecule has 1 aromatic rings. The fourth-order valence-corrected chi connectivity index (χ4v) is 2.87. The summed E-state index contributed by atoms with van der Waals surface area (Å²) in [6.45, 7) is 3.13. The standard InChI is InChI=1S/C11H18N2O3S/c1-11(2,14)8-13(3)17(15,16)10-6-4-5-9(12)7-10/h4-7,14H,8,12H2,1-3H3. The number of nitrogens with zero attached hydrogens (tertiary/aromatic N) is 1. The molecule has 6 heteroatoms. The smallest absolute Gasteiger partial charge is 0.242 e. The molecular formula is C11H18N2O3S. The van der Waals surface area contributed by atoms with Crippen LogP contribution >= 0.6 is 0 Å². The number of aliphatic hydroxyl groups is 1. The second kappa shape index (κ2) is 4.64. The Kier molecular flexibility index (Phi) is 3.81. The van der Waals surface area contributed by atoms with E-state index in [1.807, 2.05) is 0 Å². The minimum Gasteiger partial charge on any atom is -0.399 e. The van der Waals surface area contributed by atoms with Gasteiger partial charge in [0.1, 0.15) is 0 Å². The molecule has 0 saturated carbocycles. The molecule has 0 aliphatic carbocycles. The Bertz CT molecular complexity index is 492. The van der Waals surface area contributed by atoms with Crippen molar-refractivity contribution in [3.8, 4) is 0 Å². The zero-order valence-corrected chi connectivity index (χ0v) is 11.0. The number of nitrogens with two attached hydrogens (primary N) is 1. The van der Waals surface area contributed by atoms with Gasteiger partial charge < -0.3 is 10.8 Å². The van der Waals surface area contributed by atoms with Gasteiger partial charge in [0, 0.05) is 19.3 Å². The van der Waals surface area contributed by atoms with E-state index in [-0.39, 0.29) is 11.4 Å². The molecule has 3 N–H and O–H groups in total. The van der Waals surface area contributed by atoms with E-state index < -0.39 is 15.6 Å². The molecule has 0 amide bonds. The Labute approximate surface area is 102 Å². The largest absolute Gasteiger partial charge is 0.399 e. The van der Waals surface area contributed by atoms with Crippen molar-refractivity contribution in [3.05, 3.63) is 24.3 Å². The predicted molar refractivity (Wildman–Crippen MR) is 67.0 cm³/mol. The van der Waals surface area contributed by atoms with E-state index in [4.69, 9.17) is 5.73 Å². The third kappa shape index (κ3) is 3.69. The number of hydrogen-bond acceptors (Lipinski definition) is 4. The Morgan fingerprint density at radius 1 is 1.41 bits per heavy atom. The predicted octanol–water partition coefficient (Wildman–Crippen LogP) is 0.660. The molecule has 0 bridgehead atoms. The third-order valence-electron chi connectivity index (χ3n) is 2.18. The summed E-state index contributed by atoms with van der Waals surface area (Å²) in [4.78, 5) is 0.129. The summed E-state index contributed by atoms with van der Waals surface area (Å²) in [5, 5.41) is 9.62. The highest BCUT2D eigenvalue weighted by Crippen LogP contribution is 2.18. The lowest BCUT2D eigenvalue weighted by Crippen LogP contribution is -2.39. The molecule has 0 fully saturated rings. The molecule has 0 heterocycles. The molecule has 1 aromatic carbocycles. The topological polar surface area (TPSA) is 83.6 Å². The number of hydrogen-bond donors (Lipinski definition) is 2. The van der Waals surface area contributed by atoms with Crippen LogP contribution in [-0.2, 0) is 10.0 Å². The first-order valence-corrected chi connectivity index (χ1v) is 6.61. The minimum absolute atomic E-state index is 0.0180. The quantitative estimate of drug-likeness (QED) is 0.777. The summed E-state index contributed by atoms with van der Waals surface area (Å²) < 4.78 is 25.4. The molecule has 0 aliphatic rings. The van der Waals surface area contributed by atoms with Gasteiger partial charge in [0.15, 0.2) is 0 Å². The molecule has 0 spiro atoms. The van der Waals surface area contributed by atoms with E-state index in [0.717, 1.165) is 4.31 Å². The minimum atomic E-state index is -3.60. The second-order valence-corrected chi connectivity index (χ2v) is 6.69. The molecule has 0 aliphatic heterocycles. The van der Waals surface area contributed by atoms with E-state index in [1.165, 1.54) is 19.2 Å². The van der Waals surface area contributed by atoms with Crippen LogP contribution in [0, 0.1) is 0 Å². The highest BCUT2D eigenvalue weighted by molar-refractivity contribution is 7.89. The van der Waals surface area contributed by atoms with Gasteiger partial charge in [-0.3, -0.25) is 0 Å². The van der Waals surface area contributed by atoms with Crippen LogP contribution in [-0.4, -0.2) is 37.0 Å². The number of anilines is 1. The van der Waals surface area contributed by atoms with Crippen LogP contribution in [0.15, 0.2) is 29.2 Å². The van der Waals surface area contributed by atoms with Crippen molar-refractivity contribution in [2.75, 3.05) is 19.3 Å². The lowest BCUT2D eigenvalue weighted by Gasteiger charge is -2.25. The molecule has 0 unspecified atom stereocenters. The zero-order valence-electron chi connectivity index (χ0n) is 10.2. The Morgan fingerprint density at radius 2 is 2.00 bits per heavy atom. The van der Waals surface area contributed by atoms with Crippen molar-refractivity contribution in [1.82, 2.24) is 4.31 Å². The molecule has 96 valence electrons. The summed E-state index contributed by atoms with van der Waals surface area (Å²) in [6.07, 6.45) is 0. The van der Waals surface area contributed by atoms with Crippen LogP contribution in [0.5, 0.6) is 0 Å². The van der Waals surface area contributed by atoms with E-state index in [1.54, 1.807) is 26.0 Å². The summed E-state index contributed by atoms with van der Waals surface area (Å²) in [6, 6.07) is 6.08. The normalized spacial score (nSPS) is 13.0. The van der Waals surface area contributed by atoms with E-state index in [2.05, 4.69) is 0 Å². The van der Waals surface area contributed by atoms with Gasteiger partial charge in [-0.05, 0) is 32.0 Å². The van der Waals surface area contributed by atoms with Crippen molar-refractivity contribution in [3.63, 3.8) is 0 Å². The Morgan fingerprint density at radius 3 is 2.47 bits per heavy atom. The Hall–Kier alpha value is -1.11. The maximum atomic E-state index is 12.1. The Balaban J connectivity index is 3.04. The lowest BCUT2D eigenvalue weighted by atomic mass is 10.1. The van der Waals surface area contributed by atoms with Gasteiger partial charge in [-0.1, -0.05) is 6.07 Å². The van der Waals surface area contributed by atoms with Gasteiger partial charge in [0.25, 0.3) is 0 Å². The van der Waals surface area contributed by atoms with Crippen molar-refractivity contribution >= 4 is 15.7 Å². The fraction of sp³-hybridized carbons (Fsp3) is 0.455. The summed E-state index contributed by atoms with van der Waals surface area (Å²) in [5.41, 5.74) is 4.86. The number of likely N-dealkylation sites (N-methyl/N-ethyl adjacent to an activating group) is 1. The maximum Gasteiger partial charge on any atom is 0.242 e. The summed E-state index contributed by atoms with van der Waals surface area (Å²) in [5.74, 6) is 0. The highest BCUT2D eigenvalue weighted by atomic mass is 32.2. The zero-order chi connectivity index (χ0) is 13.3. The van der Waals surface area contributed by atoms with Gasteiger partial charge in [-0.25, -0.2) is 8.42 Å². The van der Waals surface area contributed by atoms with Crippen LogP contribution < -0.4 is 5.73 Å². The molecule has 1 rings (SSSR count). The van der Waals surface area contributed by atoms with Crippen LogP contribution in [0.1, 0.15) is 13.8 Å². The van der Waals surface area contributed by atoms with Crippen LogP contribution in [0.4, 0.5) is 5.69 Å². The van der Waals surface area contributed by atoms with Crippen LogP contribution in [0.3, 0.4) is 0 Å². The molecule has 0 aromatic heterocycles. The van der Waals surface area contributed by atoms with Gasteiger partial charge in [-0.2, -0.15) is 4.31 Å². The first-order chi connectivity index (χ1) is 7.63. The number of benzene rings is 1. The third-order valence-corrected chi connectivity index (χ3v) is 3.98. The highest BCUT2D eigenvalue weighted by Gasteiger charge is 2.26. The van der Waals surface area contributed by atoms with E-state index >= 15 is 0 Å². The fourth-order valence-electron chi connectivity index (χ4n) is 1.48. The van der Waals surface area contributed by atoms with Crippen molar-refractivity contribution in [2.24, 2.45) is 0 Å².